The van der Waals surface area contributed by atoms with E-state index < -0.39 is 0 Å². The standard InChI is InChI=1S/C14H24N4O2/c1-2-5-15-9-13-16-11-18(17-13)12-3-6-20-14(8-12)4-7-19-10-14/h11-12,15H,2-10H2,1H3. The molecule has 3 rings (SSSR count). The van der Waals surface area contributed by atoms with Gasteiger partial charge in [-0.05, 0) is 19.4 Å². The number of nitrogens with one attached hydrogen (secondary N) is 1. The first-order valence-electron chi connectivity index (χ1n) is 7.64. The third-order valence-electron chi connectivity index (χ3n) is 4.17. The van der Waals surface area contributed by atoms with E-state index in [0.29, 0.717) is 6.04 Å². The van der Waals surface area contributed by atoms with Gasteiger partial charge in [0.25, 0.3) is 0 Å². The Hall–Kier alpha value is -0.980. The maximum Gasteiger partial charge on any atom is 0.164 e. The van der Waals surface area contributed by atoms with E-state index in [4.69, 9.17) is 9.47 Å². The van der Waals surface area contributed by atoms with Crippen molar-refractivity contribution in [2.75, 3.05) is 26.4 Å². The van der Waals surface area contributed by atoms with Crippen LogP contribution in [0.2, 0.25) is 0 Å². The highest BCUT2D eigenvalue weighted by molar-refractivity contribution is 4.93. The molecule has 20 heavy (non-hydrogen) atoms. The predicted octanol–water partition coefficient (Wildman–Crippen LogP) is 1.29. The topological polar surface area (TPSA) is 61.2 Å². The average Bonchev–Trinajstić information content (AvgIpc) is 3.09. The molecule has 2 unspecified atom stereocenters. The van der Waals surface area contributed by atoms with E-state index in [9.17, 15) is 0 Å². The Morgan fingerprint density at radius 2 is 2.45 bits per heavy atom. The van der Waals surface area contributed by atoms with E-state index >= 15 is 0 Å². The summed E-state index contributed by atoms with van der Waals surface area (Å²) in [7, 11) is 0. The number of nitrogens with zero attached hydrogens (tertiary/aromatic N) is 3. The van der Waals surface area contributed by atoms with Crippen LogP contribution in [0.15, 0.2) is 6.33 Å². The third kappa shape index (κ3) is 3.02. The lowest BCUT2D eigenvalue weighted by atomic mass is 9.90. The third-order valence-corrected chi connectivity index (χ3v) is 4.17. The Morgan fingerprint density at radius 1 is 1.50 bits per heavy atom. The number of hydrogen-bond donors (Lipinski definition) is 1. The van der Waals surface area contributed by atoms with E-state index in [1.807, 2.05) is 11.0 Å². The summed E-state index contributed by atoms with van der Waals surface area (Å²) < 4.78 is 13.5. The van der Waals surface area contributed by atoms with Crippen molar-refractivity contribution in [3.63, 3.8) is 0 Å². The molecular weight excluding hydrogens is 256 g/mol. The maximum atomic E-state index is 5.97. The van der Waals surface area contributed by atoms with Gasteiger partial charge in [-0.2, -0.15) is 5.10 Å². The van der Waals surface area contributed by atoms with Crippen molar-refractivity contribution in [2.45, 2.75) is 50.8 Å². The lowest BCUT2D eigenvalue weighted by molar-refractivity contribution is -0.0963. The first-order valence-corrected chi connectivity index (χ1v) is 7.64. The van der Waals surface area contributed by atoms with Crippen molar-refractivity contribution in [1.29, 1.82) is 0 Å². The molecule has 1 spiro atoms. The van der Waals surface area contributed by atoms with Crippen LogP contribution in [-0.2, 0) is 16.0 Å². The zero-order valence-corrected chi connectivity index (χ0v) is 12.2. The number of rotatable bonds is 5. The van der Waals surface area contributed by atoms with Crippen molar-refractivity contribution >= 4 is 0 Å². The highest BCUT2D eigenvalue weighted by atomic mass is 16.6. The highest BCUT2D eigenvalue weighted by Crippen LogP contribution is 2.37. The van der Waals surface area contributed by atoms with Crippen LogP contribution in [0.4, 0.5) is 0 Å². The van der Waals surface area contributed by atoms with Crippen molar-refractivity contribution in [3.05, 3.63) is 12.2 Å². The minimum Gasteiger partial charge on any atom is -0.378 e. The number of aromatic nitrogens is 3. The molecule has 6 heteroatoms. The lowest BCUT2D eigenvalue weighted by Gasteiger charge is -2.36. The molecule has 0 radical (unpaired) electrons. The minimum atomic E-state index is -0.0739. The SMILES string of the molecule is CCCNCc1ncn(C2CCOC3(CCOC3)C2)n1. The zero-order valence-electron chi connectivity index (χ0n) is 12.2. The summed E-state index contributed by atoms with van der Waals surface area (Å²) in [6.45, 7) is 6.24. The Labute approximate surface area is 119 Å². The van der Waals surface area contributed by atoms with Crippen LogP contribution < -0.4 is 5.32 Å². The van der Waals surface area contributed by atoms with E-state index in [1.165, 1.54) is 0 Å². The molecule has 0 bridgehead atoms. The molecule has 1 aromatic rings. The molecule has 2 aliphatic rings. The molecule has 2 fully saturated rings. The van der Waals surface area contributed by atoms with E-state index in [2.05, 4.69) is 22.3 Å². The van der Waals surface area contributed by atoms with Crippen molar-refractivity contribution in [3.8, 4) is 0 Å². The van der Waals surface area contributed by atoms with Gasteiger partial charge in [-0.3, -0.25) is 0 Å². The Balaban J connectivity index is 1.60. The van der Waals surface area contributed by atoms with Gasteiger partial charge in [0.2, 0.25) is 0 Å². The summed E-state index contributed by atoms with van der Waals surface area (Å²) in [4.78, 5) is 4.40. The summed E-state index contributed by atoms with van der Waals surface area (Å²) in [5, 5.41) is 7.94. The summed E-state index contributed by atoms with van der Waals surface area (Å²) in [5.74, 6) is 0.877. The van der Waals surface area contributed by atoms with Crippen molar-refractivity contribution in [1.82, 2.24) is 20.1 Å². The van der Waals surface area contributed by atoms with Crippen LogP contribution in [0.1, 0.15) is 44.5 Å². The summed E-state index contributed by atoms with van der Waals surface area (Å²) in [5.41, 5.74) is -0.0739. The van der Waals surface area contributed by atoms with Gasteiger partial charge in [-0.1, -0.05) is 6.92 Å². The fraction of sp³-hybridized carbons (Fsp3) is 0.857. The van der Waals surface area contributed by atoms with E-state index in [-0.39, 0.29) is 5.60 Å². The zero-order chi connectivity index (χ0) is 13.8. The fourth-order valence-electron chi connectivity index (χ4n) is 3.04. The fourth-order valence-corrected chi connectivity index (χ4v) is 3.04. The molecule has 0 aliphatic carbocycles. The van der Waals surface area contributed by atoms with Gasteiger partial charge < -0.3 is 14.8 Å². The van der Waals surface area contributed by atoms with Gasteiger partial charge in [-0.25, -0.2) is 9.67 Å². The summed E-state index contributed by atoms with van der Waals surface area (Å²) in [6, 6.07) is 0.387. The lowest BCUT2D eigenvalue weighted by Crippen LogP contribution is -2.41. The van der Waals surface area contributed by atoms with Crippen LogP contribution in [-0.4, -0.2) is 46.7 Å². The molecule has 6 nitrogen and oxygen atoms in total. The minimum absolute atomic E-state index is 0.0739. The average molecular weight is 280 g/mol. The van der Waals surface area contributed by atoms with Gasteiger partial charge in [0.05, 0.1) is 24.8 Å². The Bertz CT molecular complexity index is 429. The van der Waals surface area contributed by atoms with E-state index in [0.717, 1.165) is 64.4 Å². The normalized spacial score (nSPS) is 30.1. The molecule has 1 N–H and O–H groups in total. The Morgan fingerprint density at radius 3 is 3.25 bits per heavy atom. The summed E-state index contributed by atoms with van der Waals surface area (Å²) in [6.07, 6.45) is 5.99. The molecule has 112 valence electrons. The second-order valence-corrected chi connectivity index (χ2v) is 5.80. The van der Waals surface area contributed by atoms with E-state index in [1.54, 1.807) is 0 Å². The van der Waals surface area contributed by atoms with Gasteiger partial charge in [0.15, 0.2) is 5.82 Å². The molecule has 2 saturated heterocycles. The molecule has 0 amide bonds. The van der Waals surface area contributed by atoms with Crippen LogP contribution in [0, 0.1) is 0 Å². The second-order valence-electron chi connectivity index (χ2n) is 5.80. The smallest absolute Gasteiger partial charge is 0.164 e. The van der Waals surface area contributed by atoms with Crippen molar-refractivity contribution in [2.24, 2.45) is 0 Å². The molecule has 2 atom stereocenters. The monoisotopic (exact) mass is 280 g/mol. The second kappa shape index (κ2) is 6.20. The molecule has 0 aromatic carbocycles. The van der Waals surface area contributed by atoms with Gasteiger partial charge in [0.1, 0.15) is 6.33 Å². The predicted molar refractivity (Wildman–Crippen MR) is 74.4 cm³/mol. The van der Waals surface area contributed by atoms with Gasteiger partial charge in [0, 0.05) is 26.1 Å². The number of ether oxygens (including phenoxy) is 2. The molecule has 1 aromatic heterocycles. The van der Waals surface area contributed by atoms with Crippen molar-refractivity contribution < 1.29 is 9.47 Å². The first-order chi connectivity index (χ1) is 9.81. The van der Waals surface area contributed by atoms with Gasteiger partial charge >= 0.3 is 0 Å². The molecule has 0 saturated carbocycles. The van der Waals surface area contributed by atoms with Crippen LogP contribution in [0.3, 0.4) is 0 Å². The molecule has 3 heterocycles. The summed E-state index contributed by atoms with van der Waals surface area (Å²) >= 11 is 0. The molecular formula is C14H24N4O2. The first kappa shape index (κ1) is 14.0. The largest absolute Gasteiger partial charge is 0.378 e. The van der Waals surface area contributed by atoms with Gasteiger partial charge in [-0.15, -0.1) is 0 Å². The van der Waals surface area contributed by atoms with Crippen LogP contribution in [0.25, 0.3) is 0 Å². The maximum absolute atomic E-state index is 5.97. The molecule has 2 aliphatic heterocycles. The van der Waals surface area contributed by atoms with Crippen LogP contribution >= 0.6 is 0 Å². The van der Waals surface area contributed by atoms with Crippen LogP contribution in [0.5, 0.6) is 0 Å². The Kier molecular flexibility index (Phi) is 4.33. The number of hydrogen-bond acceptors (Lipinski definition) is 5. The quantitative estimate of drug-likeness (QED) is 0.824. The highest BCUT2D eigenvalue weighted by Gasteiger charge is 2.41.